The maximum atomic E-state index is 12.0. The molecular formula is C15H20N2O4. The summed E-state index contributed by atoms with van der Waals surface area (Å²) in [5, 5.41) is 2.50. The van der Waals surface area contributed by atoms with E-state index >= 15 is 0 Å². The van der Waals surface area contributed by atoms with Gasteiger partial charge in [-0.1, -0.05) is 12.7 Å². The highest BCUT2D eigenvalue weighted by Gasteiger charge is 2.16. The molecule has 0 fully saturated rings. The van der Waals surface area contributed by atoms with Crippen LogP contribution in [0.15, 0.2) is 30.9 Å². The molecule has 0 aliphatic carbocycles. The van der Waals surface area contributed by atoms with Gasteiger partial charge in [0.05, 0.1) is 6.61 Å². The van der Waals surface area contributed by atoms with Gasteiger partial charge in [0.15, 0.2) is 11.5 Å². The number of hydrogen-bond donors (Lipinski definition) is 2. The van der Waals surface area contributed by atoms with Gasteiger partial charge < -0.3 is 20.5 Å². The Hall–Kier alpha value is -2.50. The fourth-order valence-electron chi connectivity index (χ4n) is 1.54. The van der Waals surface area contributed by atoms with Crippen LogP contribution in [0.4, 0.5) is 0 Å². The number of carbonyl (C=O) groups excluding carboxylic acids is 2. The molecule has 6 nitrogen and oxygen atoms in total. The molecule has 1 rings (SSSR count). The number of ether oxygens (including phenoxy) is 2. The minimum atomic E-state index is -0.746. The van der Waals surface area contributed by atoms with Crippen LogP contribution in [0.3, 0.4) is 0 Å². The average Bonchev–Trinajstić information content (AvgIpc) is 2.45. The zero-order valence-electron chi connectivity index (χ0n) is 12.2. The lowest BCUT2D eigenvalue weighted by atomic mass is 10.1. The van der Waals surface area contributed by atoms with Crippen LogP contribution in [-0.4, -0.2) is 31.1 Å². The Balaban J connectivity index is 2.93. The maximum Gasteiger partial charge on any atom is 0.252 e. The van der Waals surface area contributed by atoms with Crippen molar-refractivity contribution in [3.05, 3.63) is 36.4 Å². The molecule has 2 amide bonds. The molecular weight excluding hydrogens is 272 g/mol. The Morgan fingerprint density at radius 3 is 2.67 bits per heavy atom. The van der Waals surface area contributed by atoms with Gasteiger partial charge >= 0.3 is 0 Å². The van der Waals surface area contributed by atoms with Crippen LogP contribution in [0.25, 0.3) is 0 Å². The summed E-state index contributed by atoms with van der Waals surface area (Å²) in [6.45, 7) is 7.70. The van der Waals surface area contributed by atoms with Gasteiger partial charge in [0.25, 0.3) is 5.91 Å². The van der Waals surface area contributed by atoms with Crippen molar-refractivity contribution in [3.8, 4) is 11.5 Å². The lowest BCUT2D eigenvalue weighted by Gasteiger charge is -2.14. The minimum Gasteiger partial charge on any atom is -0.490 e. The van der Waals surface area contributed by atoms with E-state index in [0.717, 1.165) is 0 Å². The van der Waals surface area contributed by atoms with Crippen molar-refractivity contribution in [2.75, 3.05) is 13.2 Å². The third-order valence-corrected chi connectivity index (χ3v) is 2.64. The summed E-state index contributed by atoms with van der Waals surface area (Å²) >= 11 is 0. The second-order valence-electron chi connectivity index (χ2n) is 4.29. The standard InChI is InChI=1S/C15H20N2O4/c1-4-8-21-12-7-6-11(9-13(12)20-5-2)15(19)17-10(3)14(16)18/h4,6-7,9-10H,1,5,8H2,2-3H3,(H2,16,18)(H,17,19)/t10-/m1/s1. The fraction of sp³-hybridized carbons (Fsp3) is 0.333. The van der Waals surface area contributed by atoms with Gasteiger partial charge in [0.2, 0.25) is 5.91 Å². The molecule has 1 aromatic rings. The number of hydrogen-bond acceptors (Lipinski definition) is 4. The average molecular weight is 292 g/mol. The van der Waals surface area contributed by atoms with Crippen LogP contribution in [-0.2, 0) is 4.79 Å². The van der Waals surface area contributed by atoms with E-state index in [1.165, 1.54) is 6.92 Å². The highest BCUT2D eigenvalue weighted by Crippen LogP contribution is 2.28. The van der Waals surface area contributed by atoms with E-state index in [1.807, 2.05) is 6.92 Å². The fourth-order valence-corrected chi connectivity index (χ4v) is 1.54. The molecule has 0 heterocycles. The van der Waals surface area contributed by atoms with E-state index in [-0.39, 0.29) is 0 Å². The quantitative estimate of drug-likeness (QED) is 0.706. The van der Waals surface area contributed by atoms with Gasteiger partial charge in [-0.3, -0.25) is 9.59 Å². The number of primary amides is 1. The van der Waals surface area contributed by atoms with Gasteiger partial charge in [-0.25, -0.2) is 0 Å². The molecule has 1 atom stereocenters. The van der Waals surface area contributed by atoms with Crippen LogP contribution >= 0.6 is 0 Å². The normalized spacial score (nSPS) is 11.3. The SMILES string of the molecule is C=CCOc1ccc(C(=O)N[C@H](C)C(N)=O)cc1OCC. The molecule has 21 heavy (non-hydrogen) atoms. The van der Waals surface area contributed by atoms with Crippen LogP contribution in [0, 0.1) is 0 Å². The van der Waals surface area contributed by atoms with Gasteiger partial charge in [-0.15, -0.1) is 0 Å². The van der Waals surface area contributed by atoms with Crippen LogP contribution < -0.4 is 20.5 Å². The first kappa shape index (κ1) is 16.6. The van der Waals surface area contributed by atoms with Crippen molar-refractivity contribution in [1.82, 2.24) is 5.32 Å². The topological polar surface area (TPSA) is 90.6 Å². The van der Waals surface area contributed by atoms with Gasteiger partial charge in [0.1, 0.15) is 12.6 Å². The molecule has 0 bridgehead atoms. The first-order valence-corrected chi connectivity index (χ1v) is 6.60. The largest absolute Gasteiger partial charge is 0.490 e. The summed E-state index contributed by atoms with van der Waals surface area (Å²) in [5.41, 5.74) is 5.47. The second-order valence-corrected chi connectivity index (χ2v) is 4.29. The molecule has 0 saturated heterocycles. The highest BCUT2D eigenvalue weighted by molar-refractivity contribution is 5.97. The Morgan fingerprint density at radius 1 is 1.38 bits per heavy atom. The molecule has 0 spiro atoms. The van der Waals surface area contributed by atoms with Crippen LogP contribution in [0.2, 0.25) is 0 Å². The molecule has 0 aromatic heterocycles. The number of nitrogens with two attached hydrogens (primary N) is 1. The minimum absolute atomic E-state index is 0.338. The third kappa shape index (κ3) is 4.83. The number of benzene rings is 1. The predicted molar refractivity (Wildman–Crippen MR) is 79.4 cm³/mol. The van der Waals surface area contributed by atoms with Crippen LogP contribution in [0.1, 0.15) is 24.2 Å². The van der Waals surface area contributed by atoms with Gasteiger partial charge in [0, 0.05) is 5.56 Å². The lowest BCUT2D eigenvalue weighted by molar-refractivity contribution is -0.119. The first-order chi connectivity index (χ1) is 9.99. The monoisotopic (exact) mass is 292 g/mol. The Bertz CT molecular complexity index is 528. The van der Waals surface area contributed by atoms with E-state index in [4.69, 9.17) is 15.2 Å². The predicted octanol–water partition coefficient (Wildman–Crippen LogP) is 1.25. The molecule has 0 aliphatic rings. The number of rotatable bonds is 8. The Labute approximate surface area is 123 Å². The third-order valence-electron chi connectivity index (χ3n) is 2.64. The van der Waals surface area contributed by atoms with E-state index in [2.05, 4.69) is 11.9 Å². The smallest absolute Gasteiger partial charge is 0.252 e. The highest BCUT2D eigenvalue weighted by atomic mass is 16.5. The Kier molecular flexibility index (Phi) is 6.26. The zero-order chi connectivity index (χ0) is 15.8. The second kappa shape index (κ2) is 7.94. The molecule has 114 valence electrons. The maximum absolute atomic E-state index is 12.0. The summed E-state index contributed by atoms with van der Waals surface area (Å²) in [6, 6.07) is 4.04. The number of nitrogens with one attached hydrogen (secondary N) is 1. The molecule has 0 aliphatic heterocycles. The van der Waals surface area contributed by atoms with Gasteiger partial charge in [-0.05, 0) is 32.0 Å². The first-order valence-electron chi connectivity index (χ1n) is 6.60. The zero-order valence-corrected chi connectivity index (χ0v) is 12.2. The molecule has 0 unspecified atom stereocenters. The van der Waals surface area contributed by atoms with Crippen LogP contribution in [0.5, 0.6) is 11.5 Å². The van der Waals surface area contributed by atoms with E-state index in [0.29, 0.717) is 30.3 Å². The number of carbonyl (C=O) groups is 2. The molecule has 3 N–H and O–H groups in total. The van der Waals surface area contributed by atoms with Crippen molar-refractivity contribution >= 4 is 11.8 Å². The molecule has 0 radical (unpaired) electrons. The molecule has 1 aromatic carbocycles. The van der Waals surface area contributed by atoms with Crippen molar-refractivity contribution in [2.24, 2.45) is 5.73 Å². The summed E-state index contributed by atoms with van der Waals surface area (Å²) in [5.74, 6) is -0.0215. The number of amides is 2. The molecule has 0 saturated carbocycles. The van der Waals surface area contributed by atoms with Crippen molar-refractivity contribution in [3.63, 3.8) is 0 Å². The van der Waals surface area contributed by atoms with E-state index in [1.54, 1.807) is 24.3 Å². The summed E-state index contributed by atoms with van der Waals surface area (Å²) in [4.78, 5) is 23.0. The molecule has 6 heteroatoms. The Morgan fingerprint density at radius 2 is 2.10 bits per heavy atom. The van der Waals surface area contributed by atoms with Crippen molar-refractivity contribution in [2.45, 2.75) is 19.9 Å². The van der Waals surface area contributed by atoms with E-state index in [9.17, 15) is 9.59 Å². The lowest BCUT2D eigenvalue weighted by Crippen LogP contribution is -2.42. The summed E-state index contributed by atoms with van der Waals surface area (Å²) in [6.07, 6.45) is 1.62. The van der Waals surface area contributed by atoms with Crippen molar-refractivity contribution in [1.29, 1.82) is 0 Å². The summed E-state index contributed by atoms with van der Waals surface area (Å²) < 4.78 is 10.9. The van der Waals surface area contributed by atoms with Gasteiger partial charge in [-0.2, -0.15) is 0 Å². The van der Waals surface area contributed by atoms with E-state index < -0.39 is 17.9 Å². The van der Waals surface area contributed by atoms with Crippen molar-refractivity contribution < 1.29 is 19.1 Å². The summed E-state index contributed by atoms with van der Waals surface area (Å²) in [7, 11) is 0.